The number of nitrogens with one attached hydrogen (secondary N) is 1. The van der Waals surface area contributed by atoms with Crippen LogP contribution in [0.15, 0.2) is 0 Å². The highest BCUT2D eigenvalue weighted by atomic mass is 16.5. The molecule has 0 saturated heterocycles. The second kappa shape index (κ2) is 11.0. The lowest BCUT2D eigenvalue weighted by atomic mass is 10.1. The molecule has 0 aliphatic rings. The fourth-order valence-electron chi connectivity index (χ4n) is 2.04. The van der Waals surface area contributed by atoms with E-state index in [-0.39, 0.29) is 5.60 Å². The molecule has 104 valence electrons. The van der Waals surface area contributed by atoms with Crippen LogP contribution in [0, 0.1) is 0 Å². The maximum atomic E-state index is 5.64. The Morgan fingerprint density at radius 3 is 2.06 bits per heavy atom. The Labute approximate surface area is 109 Å². The minimum Gasteiger partial charge on any atom is -0.375 e. The van der Waals surface area contributed by atoms with E-state index in [4.69, 9.17) is 4.74 Å². The van der Waals surface area contributed by atoms with Gasteiger partial charge in [0, 0.05) is 13.2 Å². The van der Waals surface area contributed by atoms with Crippen molar-refractivity contribution in [2.45, 2.75) is 78.2 Å². The molecule has 0 aliphatic heterocycles. The molecule has 0 aromatic carbocycles. The lowest BCUT2D eigenvalue weighted by Gasteiger charge is -2.25. The van der Waals surface area contributed by atoms with Crippen LogP contribution in [-0.4, -0.2) is 25.3 Å². The fourth-order valence-corrected chi connectivity index (χ4v) is 2.04. The molecule has 0 radical (unpaired) electrons. The molecule has 0 spiro atoms. The standard InChI is InChI=1S/C15H33NO/c1-5-7-8-9-10-11-12-13-16-14-15(3,4)17-6-2/h16H,5-14H2,1-4H3. The Hall–Kier alpha value is -0.0800. The van der Waals surface area contributed by atoms with E-state index < -0.39 is 0 Å². The summed E-state index contributed by atoms with van der Waals surface area (Å²) >= 11 is 0. The molecule has 0 saturated carbocycles. The average molecular weight is 243 g/mol. The Morgan fingerprint density at radius 2 is 1.47 bits per heavy atom. The van der Waals surface area contributed by atoms with Crippen molar-refractivity contribution < 1.29 is 4.74 Å². The molecule has 2 nitrogen and oxygen atoms in total. The number of hydrogen-bond acceptors (Lipinski definition) is 2. The first-order valence-corrected chi connectivity index (χ1v) is 7.47. The molecule has 0 rings (SSSR count). The van der Waals surface area contributed by atoms with Crippen LogP contribution in [0.1, 0.15) is 72.6 Å². The predicted molar refractivity (Wildman–Crippen MR) is 76.6 cm³/mol. The molecule has 17 heavy (non-hydrogen) atoms. The van der Waals surface area contributed by atoms with Gasteiger partial charge in [-0.05, 0) is 33.7 Å². The highest BCUT2D eigenvalue weighted by molar-refractivity contribution is 4.71. The van der Waals surface area contributed by atoms with Crippen molar-refractivity contribution in [3.8, 4) is 0 Å². The molecular weight excluding hydrogens is 210 g/mol. The van der Waals surface area contributed by atoms with Crippen LogP contribution < -0.4 is 5.32 Å². The van der Waals surface area contributed by atoms with Crippen molar-refractivity contribution in [3.63, 3.8) is 0 Å². The molecule has 0 aromatic rings. The zero-order valence-electron chi connectivity index (χ0n) is 12.5. The average Bonchev–Trinajstić information content (AvgIpc) is 2.27. The van der Waals surface area contributed by atoms with E-state index in [2.05, 4.69) is 33.0 Å². The van der Waals surface area contributed by atoms with Gasteiger partial charge in [-0.15, -0.1) is 0 Å². The van der Waals surface area contributed by atoms with E-state index in [1.807, 2.05) is 0 Å². The van der Waals surface area contributed by atoms with Crippen LogP contribution in [0.2, 0.25) is 0 Å². The summed E-state index contributed by atoms with van der Waals surface area (Å²) < 4.78 is 5.64. The topological polar surface area (TPSA) is 21.3 Å². The van der Waals surface area contributed by atoms with Gasteiger partial charge in [-0.1, -0.05) is 45.4 Å². The van der Waals surface area contributed by atoms with Crippen LogP contribution in [0.4, 0.5) is 0 Å². The molecular formula is C15H33NO. The molecule has 0 heterocycles. The minimum atomic E-state index is -0.0180. The molecule has 0 aliphatic carbocycles. The number of rotatable bonds is 12. The van der Waals surface area contributed by atoms with Crippen LogP contribution in [0.5, 0.6) is 0 Å². The van der Waals surface area contributed by atoms with Crippen molar-refractivity contribution in [1.29, 1.82) is 0 Å². The Balaban J connectivity index is 3.18. The quantitative estimate of drug-likeness (QED) is 0.520. The van der Waals surface area contributed by atoms with Gasteiger partial charge in [0.05, 0.1) is 5.60 Å². The van der Waals surface area contributed by atoms with E-state index in [9.17, 15) is 0 Å². The maximum absolute atomic E-state index is 5.64. The third kappa shape index (κ3) is 12.2. The summed E-state index contributed by atoms with van der Waals surface area (Å²) in [7, 11) is 0. The number of hydrogen-bond donors (Lipinski definition) is 1. The van der Waals surface area contributed by atoms with E-state index in [1.165, 1.54) is 44.9 Å². The van der Waals surface area contributed by atoms with Crippen molar-refractivity contribution in [2.75, 3.05) is 19.7 Å². The van der Waals surface area contributed by atoms with Gasteiger partial charge in [0.1, 0.15) is 0 Å². The second-order valence-corrected chi connectivity index (χ2v) is 5.49. The molecule has 0 bridgehead atoms. The number of unbranched alkanes of at least 4 members (excludes halogenated alkanes) is 6. The summed E-state index contributed by atoms with van der Waals surface area (Å²) in [5.74, 6) is 0. The summed E-state index contributed by atoms with van der Waals surface area (Å²) in [6, 6.07) is 0. The summed E-state index contributed by atoms with van der Waals surface area (Å²) in [6.45, 7) is 11.5. The van der Waals surface area contributed by atoms with Crippen LogP contribution >= 0.6 is 0 Å². The van der Waals surface area contributed by atoms with Gasteiger partial charge in [-0.25, -0.2) is 0 Å². The molecule has 0 unspecified atom stereocenters. The highest BCUT2D eigenvalue weighted by Crippen LogP contribution is 2.08. The summed E-state index contributed by atoms with van der Waals surface area (Å²) in [6.07, 6.45) is 9.64. The first-order chi connectivity index (χ1) is 8.12. The molecule has 0 fully saturated rings. The minimum absolute atomic E-state index is 0.0180. The van der Waals surface area contributed by atoms with Crippen LogP contribution in [0.25, 0.3) is 0 Å². The van der Waals surface area contributed by atoms with E-state index in [1.54, 1.807) is 0 Å². The summed E-state index contributed by atoms with van der Waals surface area (Å²) in [4.78, 5) is 0. The number of ether oxygens (including phenoxy) is 1. The summed E-state index contributed by atoms with van der Waals surface area (Å²) in [5.41, 5.74) is -0.0180. The first-order valence-electron chi connectivity index (χ1n) is 7.47. The third-order valence-corrected chi connectivity index (χ3v) is 3.04. The zero-order valence-corrected chi connectivity index (χ0v) is 12.5. The van der Waals surface area contributed by atoms with E-state index >= 15 is 0 Å². The van der Waals surface area contributed by atoms with Gasteiger partial charge < -0.3 is 10.1 Å². The largest absolute Gasteiger partial charge is 0.375 e. The van der Waals surface area contributed by atoms with Gasteiger partial charge in [0.25, 0.3) is 0 Å². The Kier molecular flexibility index (Phi) is 11.0. The van der Waals surface area contributed by atoms with Gasteiger partial charge in [0.2, 0.25) is 0 Å². The normalized spacial score (nSPS) is 12.0. The molecule has 0 atom stereocenters. The Bertz CT molecular complexity index is 157. The maximum Gasteiger partial charge on any atom is 0.0750 e. The van der Waals surface area contributed by atoms with Crippen molar-refractivity contribution in [1.82, 2.24) is 5.32 Å². The van der Waals surface area contributed by atoms with Crippen molar-refractivity contribution in [3.05, 3.63) is 0 Å². The third-order valence-electron chi connectivity index (χ3n) is 3.04. The van der Waals surface area contributed by atoms with Gasteiger partial charge in [-0.2, -0.15) is 0 Å². The van der Waals surface area contributed by atoms with Gasteiger partial charge in [-0.3, -0.25) is 0 Å². The smallest absolute Gasteiger partial charge is 0.0750 e. The lowest BCUT2D eigenvalue weighted by Crippen LogP contribution is -2.38. The van der Waals surface area contributed by atoms with Crippen molar-refractivity contribution in [2.24, 2.45) is 0 Å². The van der Waals surface area contributed by atoms with E-state index in [0.29, 0.717) is 0 Å². The van der Waals surface area contributed by atoms with E-state index in [0.717, 1.165) is 19.7 Å². The van der Waals surface area contributed by atoms with Gasteiger partial charge in [0.15, 0.2) is 0 Å². The SMILES string of the molecule is CCCCCCCCCNCC(C)(C)OCC. The fraction of sp³-hybridized carbons (Fsp3) is 1.00. The monoisotopic (exact) mass is 243 g/mol. The highest BCUT2D eigenvalue weighted by Gasteiger charge is 2.15. The van der Waals surface area contributed by atoms with Gasteiger partial charge >= 0.3 is 0 Å². The molecule has 2 heteroatoms. The van der Waals surface area contributed by atoms with Crippen LogP contribution in [-0.2, 0) is 4.74 Å². The first kappa shape index (κ1) is 16.9. The molecule has 0 aromatic heterocycles. The van der Waals surface area contributed by atoms with Crippen molar-refractivity contribution >= 4 is 0 Å². The second-order valence-electron chi connectivity index (χ2n) is 5.49. The summed E-state index contributed by atoms with van der Waals surface area (Å²) in [5, 5.41) is 3.49. The predicted octanol–water partition coefficient (Wildman–Crippen LogP) is 4.14. The Morgan fingerprint density at radius 1 is 0.882 bits per heavy atom. The van der Waals surface area contributed by atoms with Crippen LogP contribution in [0.3, 0.4) is 0 Å². The zero-order chi connectivity index (χ0) is 13.0. The molecule has 0 amide bonds. The molecule has 1 N–H and O–H groups in total. The lowest BCUT2D eigenvalue weighted by molar-refractivity contribution is -0.00867.